The number of halogens is 2. The number of amides is 2. The van der Waals surface area contributed by atoms with Gasteiger partial charge in [0.1, 0.15) is 30.5 Å². The molecule has 1 aliphatic rings. The van der Waals surface area contributed by atoms with Crippen LogP contribution in [0.3, 0.4) is 0 Å². The molecule has 3 aromatic rings. The molecule has 8 heteroatoms. The van der Waals surface area contributed by atoms with Gasteiger partial charge in [-0.15, -0.1) is 11.3 Å². The number of benzene rings is 2. The van der Waals surface area contributed by atoms with Gasteiger partial charge in [0, 0.05) is 23.0 Å². The van der Waals surface area contributed by atoms with E-state index in [1.807, 2.05) is 25.3 Å². The van der Waals surface area contributed by atoms with Gasteiger partial charge in [-0.3, -0.25) is 9.59 Å². The molecule has 1 aliphatic heterocycles. The Kier molecular flexibility index (Phi) is 7.80. The van der Waals surface area contributed by atoms with E-state index < -0.39 is 5.82 Å². The lowest BCUT2D eigenvalue weighted by atomic mass is 10.00. The Hall–Kier alpha value is -3.26. The summed E-state index contributed by atoms with van der Waals surface area (Å²) in [5, 5.41) is 2.01. The molecule has 0 radical (unpaired) electrons. The summed E-state index contributed by atoms with van der Waals surface area (Å²) >= 11 is 1.65. The molecule has 35 heavy (non-hydrogen) atoms. The van der Waals surface area contributed by atoms with E-state index >= 15 is 0 Å². The van der Waals surface area contributed by atoms with Crippen LogP contribution < -0.4 is 4.74 Å². The topological polar surface area (TPSA) is 49.9 Å². The van der Waals surface area contributed by atoms with E-state index in [1.165, 1.54) is 41.3 Å². The van der Waals surface area contributed by atoms with Crippen molar-refractivity contribution in [1.29, 1.82) is 0 Å². The maximum absolute atomic E-state index is 13.6. The summed E-state index contributed by atoms with van der Waals surface area (Å²) in [5.74, 6) is -0.723. The van der Waals surface area contributed by atoms with E-state index in [-0.39, 0.29) is 42.9 Å². The van der Waals surface area contributed by atoms with Crippen LogP contribution in [0.5, 0.6) is 5.75 Å². The SMILES string of the molecule is CC[C@H](C)N(CC(=O)N1CCc2sccc2[C@@H]1COc1ccc(F)cc1)C(=O)c1ccc(F)cc1. The molecule has 0 spiro atoms. The van der Waals surface area contributed by atoms with Crippen LogP contribution >= 0.6 is 11.3 Å². The molecule has 184 valence electrons. The number of hydrogen-bond donors (Lipinski definition) is 0. The molecule has 1 aromatic heterocycles. The summed E-state index contributed by atoms with van der Waals surface area (Å²) in [4.78, 5) is 31.4. The monoisotopic (exact) mass is 498 g/mol. The maximum Gasteiger partial charge on any atom is 0.254 e. The van der Waals surface area contributed by atoms with Gasteiger partial charge in [0.15, 0.2) is 0 Å². The van der Waals surface area contributed by atoms with Crippen molar-refractivity contribution in [3.63, 3.8) is 0 Å². The van der Waals surface area contributed by atoms with Crippen LogP contribution in [-0.4, -0.2) is 47.4 Å². The number of ether oxygens (including phenoxy) is 1. The first-order chi connectivity index (χ1) is 16.9. The minimum Gasteiger partial charge on any atom is -0.491 e. The number of fused-ring (bicyclic) bond motifs is 1. The Morgan fingerprint density at radius 2 is 1.74 bits per heavy atom. The molecule has 2 aromatic carbocycles. The molecule has 4 rings (SSSR count). The van der Waals surface area contributed by atoms with Gasteiger partial charge in [-0.2, -0.15) is 0 Å². The number of carbonyl (C=O) groups excluding carboxylic acids is 2. The second-order valence-corrected chi connectivity index (χ2v) is 9.61. The van der Waals surface area contributed by atoms with Gasteiger partial charge >= 0.3 is 0 Å². The van der Waals surface area contributed by atoms with E-state index in [0.29, 0.717) is 24.3 Å². The van der Waals surface area contributed by atoms with E-state index in [2.05, 4.69) is 0 Å². The third-order valence-corrected chi connectivity index (χ3v) is 7.41. The molecule has 2 atom stereocenters. The Balaban J connectivity index is 1.54. The molecule has 0 bridgehead atoms. The Labute approximate surface area is 207 Å². The van der Waals surface area contributed by atoms with Gasteiger partial charge < -0.3 is 14.5 Å². The lowest BCUT2D eigenvalue weighted by Crippen LogP contribution is -2.49. The number of hydrogen-bond acceptors (Lipinski definition) is 4. The average molecular weight is 499 g/mol. The van der Waals surface area contributed by atoms with E-state index in [1.54, 1.807) is 33.3 Å². The molecule has 2 amide bonds. The number of thiophene rings is 1. The maximum atomic E-state index is 13.6. The van der Waals surface area contributed by atoms with Gasteiger partial charge in [0.2, 0.25) is 5.91 Å². The van der Waals surface area contributed by atoms with Gasteiger partial charge in [0.25, 0.3) is 5.91 Å². The first-order valence-electron chi connectivity index (χ1n) is 11.7. The summed E-state index contributed by atoms with van der Waals surface area (Å²) in [6.45, 7) is 4.51. The highest BCUT2D eigenvalue weighted by molar-refractivity contribution is 7.10. The van der Waals surface area contributed by atoms with Crippen LogP contribution in [-0.2, 0) is 11.2 Å². The fourth-order valence-electron chi connectivity index (χ4n) is 4.22. The molecular weight excluding hydrogens is 470 g/mol. The molecule has 0 saturated carbocycles. The van der Waals surface area contributed by atoms with E-state index in [0.717, 1.165) is 12.0 Å². The highest BCUT2D eigenvalue weighted by Crippen LogP contribution is 2.34. The lowest BCUT2D eigenvalue weighted by Gasteiger charge is -2.38. The smallest absolute Gasteiger partial charge is 0.254 e. The standard InChI is InChI=1S/C27H28F2N2O3S/c1-3-18(2)31(27(33)19-4-6-20(28)7-5-19)16-26(32)30-14-12-25-23(13-15-35-25)24(30)17-34-22-10-8-21(29)9-11-22/h4-11,13,15,18,24H,3,12,14,16-17H2,1-2H3/t18-,24-/m0/s1. The summed E-state index contributed by atoms with van der Waals surface area (Å²) in [5.41, 5.74) is 1.38. The first kappa shape index (κ1) is 24.9. The van der Waals surface area contributed by atoms with Crippen molar-refractivity contribution in [3.05, 3.63) is 87.6 Å². The van der Waals surface area contributed by atoms with Crippen molar-refractivity contribution >= 4 is 23.2 Å². The van der Waals surface area contributed by atoms with Crippen LogP contribution in [0.4, 0.5) is 8.78 Å². The van der Waals surface area contributed by atoms with Crippen molar-refractivity contribution in [3.8, 4) is 5.75 Å². The minimum atomic E-state index is -0.420. The minimum absolute atomic E-state index is 0.0856. The number of nitrogens with zero attached hydrogens (tertiary/aromatic N) is 2. The van der Waals surface area contributed by atoms with Crippen molar-refractivity contribution in [1.82, 2.24) is 9.80 Å². The first-order valence-corrected chi connectivity index (χ1v) is 12.6. The fourth-order valence-corrected chi connectivity index (χ4v) is 5.15. The Morgan fingerprint density at radius 3 is 2.40 bits per heavy atom. The molecule has 5 nitrogen and oxygen atoms in total. The van der Waals surface area contributed by atoms with Crippen molar-refractivity contribution < 1.29 is 23.1 Å². The van der Waals surface area contributed by atoms with Crippen molar-refractivity contribution in [2.75, 3.05) is 19.7 Å². The fraction of sp³-hybridized carbons (Fsp3) is 0.333. The lowest BCUT2D eigenvalue weighted by molar-refractivity contribution is -0.136. The van der Waals surface area contributed by atoms with Gasteiger partial charge in [0.05, 0.1) is 6.04 Å². The molecule has 0 saturated heterocycles. The van der Waals surface area contributed by atoms with E-state index in [4.69, 9.17) is 4.74 Å². The molecule has 2 heterocycles. The van der Waals surface area contributed by atoms with Crippen LogP contribution in [0, 0.1) is 11.6 Å². The zero-order valence-electron chi connectivity index (χ0n) is 19.7. The zero-order chi connectivity index (χ0) is 24.9. The van der Waals surface area contributed by atoms with Crippen molar-refractivity contribution in [2.45, 2.75) is 38.8 Å². The summed E-state index contributed by atoms with van der Waals surface area (Å²) in [6.07, 6.45) is 1.41. The number of carbonyl (C=O) groups is 2. The third-order valence-electron chi connectivity index (χ3n) is 6.42. The highest BCUT2D eigenvalue weighted by Gasteiger charge is 2.34. The van der Waals surface area contributed by atoms with Crippen LogP contribution in [0.15, 0.2) is 60.0 Å². The van der Waals surface area contributed by atoms with Crippen LogP contribution in [0.25, 0.3) is 0 Å². The largest absolute Gasteiger partial charge is 0.491 e. The third kappa shape index (κ3) is 5.70. The molecule has 0 N–H and O–H groups in total. The van der Waals surface area contributed by atoms with Crippen LogP contribution in [0.1, 0.15) is 47.1 Å². The summed E-state index contributed by atoms with van der Waals surface area (Å²) in [7, 11) is 0. The predicted octanol–water partition coefficient (Wildman–Crippen LogP) is 5.47. The Bertz CT molecular complexity index is 1160. The molecule has 0 unspecified atom stereocenters. The van der Waals surface area contributed by atoms with Gasteiger partial charge in [-0.05, 0) is 85.3 Å². The average Bonchev–Trinajstić information content (AvgIpc) is 3.35. The van der Waals surface area contributed by atoms with E-state index in [9.17, 15) is 18.4 Å². The predicted molar refractivity (Wildman–Crippen MR) is 132 cm³/mol. The van der Waals surface area contributed by atoms with Crippen molar-refractivity contribution in [2.24, 2.45) is 0 Å². The van der Waals surface area contributed by atoms with Crippen LogP contribution in [0.2, 0.25) is 0 Å². The molecular formula is C27H28F2N2O3S. The summed E-state index contributed by atoms with van der Waals surface area (Å²) in [6, 6.07) is 12.7. The molecule has 0 fully saturated rings. The quantitative estimate of drug-likeness (QED) is 0.414. The number of rotatable bonds is 8. The zero-order valence-corrected chi connectivity index (χ0v) is 20.6. The van der Waals surface area contributed by atoms with Gasteiger partial charge in [-0.25, -0.2) is 8.78 Å². The summed E-state index contributed by atoms with van der Waals surface area (Å²) < 4.78 is 32.6. The van der Waals surface area contributed by atoms with Gasteiger partial charge in [-0.1, -0.05) is 6.92 Å². The Morgan fingerprint density at radius 1 is 1.09 bits per heavy atom. The normalized spacial score (nSPS) is 15.9. The second kappa shape index (κ2) is 11.0. The second-order valence-electron chi connectivity index (χ2n) is 8.61. The highest BCUT2D eigenvalue weighted by atomic mass is 32.1. The molecule has 0 aliphatic carbocycles.